The highest BCUT2D eigenvalue weighted by molar-refractivity contribution is 8.00. The second-order valence-corrected chi connectivity index (χ2v) is 7.49. The van der Waals surface area contributed by atoms with Crippen LogP contribution < -0.4 is 14.8 Å². The molecule has 1 atom stereocenters. The van der Waals surface area contributed by atoms with Crippen molar-refractivity contribution < 1.29 is 18.7 Å². The van der Waals surface area contributed by atoms with Crippen LogP contribution in [0.5, 0.6) is 11.5 Å². The number of hydrogen-bond acceptors (Lipinski definition) is 7. The van der Waals surface area contributed by atoms with Crippen molar-refractivity contribution in [3.8, 4) is 11.5 Å². The predicted octanol–water partition coefficient (Wildman–Crippen LogP) is 4.19. The van der Waals surface area contributed by atoms with Gasteiger partial charge in [-0.25, -0.2) is 0 Å². The van der Waals surface area contributed by atoms with Crippen molar-refractivity contribution in [2.75, 3.05) is 19.0 Å². The van der Waals surface area contributed by atoms with Gasteiger partial charge in [0.2, 0.25) is 11.8 Å². The molecule has 1 heterocycles. The van der Waals surface area contributed by atoms with E-state index in [0.29, 0.717) is 29.8 Å². The Hall–Kier alpha value is -3.00. The van der Waals surface area contributed by atoms with Gasteiger partial charge in [0, 0.05) is 5.69 Å². The van der Waals surface area contributed by atoms with Crippen molar-refractivity contribution in [2.24, 2.45) is 0 Å². The highest BCUT2D eigenvalue weighted by Gasteiger charge is 2.18. The van der Waals surface area contributed by atoms with Crippen LogP contribution in [0.15, 0.2) is 58.2 Å². The summed E-state index contributed by atoms with van der Waals surface area (Å²) in [5.74, 6) is 1.91. The number of methoxy groups -OCH3 is 1. The predicted molar refractivity (Wildman–Crippen MR) is 112 cm³/mol. The molecule has 29 heavy (non-hydrogen) atoms. The Balaban J connectivity index is 1.53. The van der Waals surface area contributed by atoms with Gasteiger partial charge in [-0.05, 0) is 55.8 Å². The number of hydrogen-bond donors (Lipinski definition) is 1. The minimum absolute atomic E-state index is 0.144. The molecule has 1 amide bonds. The number of benzene rings is 2. The summed E-state index contributed by atoms with van der Waals surface area (Å²) in [5.41, 5.74) is 1.74. The lowest BCUT2D eigenvalue weighted by Gasteiger charge is -2.10. The molecule has 0 fully saturated rings. The van der Waals surface area contributed by atoms with Crippen LogP contribution in [-0.4, -0.2) is 35.1 Å². The summed E-state index contributed by atoms with van der Waals surface area (Å²) in [5, 5.41) is 10.9. The summed E-state index contributed by atoms with van der Waals surface area (Å²) in [6.45, 7) is 4.32. The molecule has 1 aromatic heterocycles. The van der Waals surface area contributed by atoms with Crippen molar-refractivity contribution >= 4 is 23.4 Å². The molecule has 0 aliphatic heterocycles. The number of ether oxygens (including phenoxy) is 2. The minimum Gasteiger partial charge on any atom is -0.497 e. The monoisotopic (exact) mass is 413 g/mol. The number of nitrogens with one attached hydrogen (secondary N) is 1. The summed E-state index contributed by atoms with van der Waals surface area (Å²) in [6.07, 6.45) is 0.518. The van der Waals surface area contributed by atoms with Crippen molar-refractivity contribution in [3.63, 3.8) is 0 Å². The van der Waals surface area contributed by atoms with Gasteiger partial charge < -0.3 is 19.2 Å². The molecular formula is C21H23N3O4S. The third kappa shape index (κ3) is 5.99. The number of rotatable bonds is 9. The number of nitrogens with zero attached hydrogens (tertiary/aromatic N) is 2. The number of carbonyl (C=O) groups is 1. The summed E-state index contributed by atoms with van der Waals surface area (Å²) < 4.78 is 16.2. The fourth-order valence-electron chi connectivity index (χ4n) is 2.53. The van der Waals surface area contributed by atoms with Gasteiger partial charge in [0.25, 0.3) is 5.22 Å². The molecule has 3 rings (SSSR count). The Kier molecular flexibility index (Phi) is 7.13. The molecule has 0 aliphatic rings. The molecule has 0 unspecified atom stereocenters. The standard InChI is InChI=1S/C21H23N3O4S/c1-4-27-18-11-7-16(8-12-18)22-20(25)14(2)29-21-24-23-19(28-21)13-15-5-9-17(26-3)10-6-15/h5-12,14H,4,13H2,1-3H3,(H,22,25)/t14-/m1/s1. The number of anilines is 1. The lowest BCUT2D eigenvalue weighted by molar-refractivity contribution is -0.115. The van der Waals surface area contributed by atoms with E-state index < -0.39 is 5.25 Å². The molecule has 2 aromatic carbocycles. The highest BCUT2D eigenvalue weighted by Crippen LogP contribution is 2.24. The van der Waals surface area contributed by atoms with E-state index in [1.807, 2.05) is 43.3 Å². The van der Waals surface area contributed by atoms with Crippen LogP contribution in [0.4, 0.5) is 5.69 Å². The van der Waals surface area contributed by atoms with Gasteiger partial charge in [-0.15, -0.1) is 10.2 Å². The first-order chi connectivity index (χ1) is 14.1. The molecule has 0 bridgehead atoms. The van der Waals surface area contributed by atoms with E-state index in [1.165, 1.54) is 11.8 Å². The molecule has 0 aliphatic carbocycles. The molecule has 1 N–H and O–H groups in total. The zero-order valence-electron chi connectivity index (χ0n) is 16.5. The zero-order valence-corrected chi connectivity index (χ0v) is 17.4. The normalized spacial score (nSPS) is 11.7. The van der Waals surface area contributed by atoms with Crippen molar-refractivity contribution in [3.05, 3.63) is 60.0 Å². The smallest absolute Gasteiger partial charge is 0.277 e. The van der Waals surface area contributed by atoms with E-state index in [4.69, 9.17) is 13.9 Å². The molecule has 0 spiro atoms. The van der Waals surface area contributed by atoms with E-state index in [-0.39, 0.29) is 5.91 Å². The number of aromatic nitrogens is 2. The largest absolute Gasteiger partial charge is 0.497 e. The highest BCUT2D eigenvalue weighted by atomic mass is 32.2. The quantitative estimate of drug-likeness (QED) is 0.526. The Bertz CT molecular complexity index is 926. The van der Waals surface area contributed by atoms with Crippen LogP contribution in [0, 0.1) is 0 Å². The van der Waals surface area contributed by atoms with Gasteiger partial charge in [0.15, 0.2) is 0 Å². The average molecular weight is 413 g/mol. The molecule has 7 nitrogen and oxygen atoms in total. The van der Waals surface area contributed by atoms with Crippen molar-refractivity contribution in [1.29, 1.82) is 0 Å². The maximum atomic E-state index is 12.4. The molecular weight excluding hydrogens is 390 g/mol. The SMILES string of the molecule is CCOc1ccc(NC(=O)[C@@H](C)Sc2nnc(Cc3ccc(OC)cc3)o2)cc1. The first kappa shape index (κ1) is 20.7. The fraction of sp³-hybridized carbons (Fsp3) is 0.286. The summed E-state index contributed by atoms with van der Waals surface area (Å²) >= 11 is 1.22. The Morgan fingerprint density at radius 1 is 1.10 bits per heavy atom. The summed E-state index contributed by atoms with van der Waals surface area (Å²) in [7, 11) is 1.63. The lowest BCUT2D eigenvalue weighted by atomic mass is 10.1. The third-order valence-electron chi connectivity index (χ3n) is 4.04. The van der Waals surface area contributed by atoms with E-state index in [1.54, 1.807) is 26.2 Å². The van der Waals surface area contributed by atoms with Crippen LogP contribution >= 0.6 is 11.8 Å². The van der Waals surface area contributed by atoms with Crippen molar-refractivity contribution in [1.82, 2.24) is 10.2 Å². The van der Waals surface area contributed by atoms with Crippen LogP contribution in [0.2, 0.25) is 0 Å². The summed E-state index contributed by atoms with van der Waals surface area (Å²) in [6, 6.07) is 14.9. The second kappa shape index (κ2) is 9.97. The molecule has 0 saturated carbocycles. The van der Waals surface area contributed by atoms with Gasteiger partial charge in [-0.1, -0.05) is 23.9 Å². The number of thioether (sulfide) groups is 1. The van der Waals surface area contributed by atoms with E-state index in [9.17, 15) is 4.79 Å². The van der Waals surface area contributed by atoms with Crippen LogP contribution in [0.3, 0.4) is 0 Å². The average Bonchev–Trinajstić information content (AvgIpc) is 3.17. The van der Waals surface area contributed by atoms with Gasteiger partial charge in [0.1, 0.15) is 11.5 Å². The molecule has 0 radical (unpaired) electrons. The van der Waals surface area contributed by atoms with Gasteiger partial charge in [-0.3, -0.25) is 4.79 Å². The third-order valence-corrected chi connectivity index (χ3v) is 4.98. The molecule has 0 saturated heterocycles. The molecule has 152 valence electrons. The zero-order chi connectivity index (χ0) is 20.6. The molecule has 3 aromatic rings. The Labute approximate surface area is 173 Å². The maximum Gasteiger partial charge on any atom is 0.277 e. The fourth-order valence-corrected chi connectivity index (χ4v) is 3.23. The number of carbonyl (C=O) groups excluding carboxylic acids is 1. The van der Waals surface area contributed by atoms with Crippen LogP contribution in [-0.2, 0) is 11.2 Å². The van der Waals surface area contributed by atoms with Gasteiger partial charge in [0.05, 0.1) is 25.4 Å². The topological polar surface area (TPSA) is 86.5 Å². The number of amides is 1. The Morgan fingerprint density at radius 2 is 1.79 bits per heavy atom. The first-order valence-electron chi connectivity index (χ1n) is 9.23. The van der Waals surface area contributed by atoms with Gasteiger partial charge >= 0.3 is 0 Å². The first-order valence-corrected chi connectivity index (χ1v) is 10.1. The van der Waals surface area contributed by atoms with E-state index in [2.05, 4.69) is 15.5 Å². The second-order valence-electron chi connectivity index (χ2n) is 6.19. The summed E-state index contributed by atoms with van der Waals surface area (Å²) in [4.78, 5) is 12.4. The Morgan fingerprint density at radius 3 is 2.45 bits per heavy atom. The minimum atomic E-state index is -0.393. The van der Waals surface area contributed by atoms with Gasteiger partial charge in [-0.2, -0.15) is 0 Å². The van der Waals surface area contributed by atoms with Crippen LogP contribution in [0.1, 0.15) is 25.3 Å². The molecule has 8 heteroatoms. The maximum absolute atomic E-state index is 12.4. The van der Waals surface area contributed by atoms with E-state index in [0.717, 1.165) is 17.1 Å². The lowest BCUT2D eigenvalue weighted by Crippen LogP contribution is -2.22. The van der Waals surface area contributed by atoms with Crippen molar-refractivity contribution in [2.45, 2.75) is 30.7 Å². The van der Waals surface area contributed by atoms with Crippen LogP contribution in [0.25, 0.3) is 0 Å². The van der Waals surface area contributed by atoms with E-state index >= 15 is 0 Å².